The average molecular weight is 303 g/mol. The summed E-state index contributed by atoms with van der Waals surface area (Å²) in [4.78, 5) is 11.7. The SMILES string of the molecule is Cc1ccc(CSCC(=O)NCCCn2cccn2)cc1. The van der Waals surface area contributed by atoms with Gasteiger partial charge in [-0.15, -0.1) is 11.8 Å². The molecule has 1 amide bonds. The van der Waals surface area contributed by atoms with E-state index in [0.717, 1.165) is 18.7 Å². The zero-order chi connectivity index (χ0) is 14.9. The van der Waals surface area contributed by atoms with Gasteiger partial charge in [-0.1, -0.05) is 29.8 Å². The van der Waals surface area contributed by atoms with Crippen molar-refractivity contribution in [1.29, 1.82) is 0 Å². The first-order valence-corrected chi connectivity index (χ1v) is 8.27. The summed E-state index contributed by atoms with van der Waals surface area (Å²) in [6.07, 6.45) is 4.59. The molecule has 2 rings (SSSR count). The zero-order valence-electron chi connectivity index (χ0n) is 12.3. The van der Waals surface area contributed by atoms with Crippen LogP contribution in [-0.2, 0) is 17.1 Å². The van der Waals surface area contributed by atoms with E-state index in [1.807, 2.05) is 16.9 Å². The lowest BCUT2D eigenvalue weighted by molar-refractivity contribution is -0.118. The van der Waals surface area contributed by atoms with Gasteiger partial charge in [-0.2, -0.15) is 5.10 Å². The third kappa shape index (κ3) is 6.04. The molecule has 0 unspecified atom stereocenters. The van der Waals surface area contributed by atoms with Gasteiger partial charge in [0.15, 0.2) is 0 Å². The van der Waals surface area contributed by atoms with Crippen molar-refractivity contribution >= 4 is 17.7 Å². The average Bonchev–Trinajstić information content (AvgIpc) is 2.99. The lowest BCUT2D eigenvalue weighted by atomic mass is 10.2. The van der Waals surface area contributed by atoms with Crippen molar-refractivity contribution in [2.75, 3.05) is 12.3 Å². The molecule has 0 spiro atoms. The Labute approximate surface area is 129 Å². The Balaban J connectivity index is 1.54. The highest BCUT2D eigenvalue weighted by Gasteiger charge is 2.01. The second kappa shape index (κ2) is 8.52. The molecule has 0 aliphatic heterocycles. The van der Waals surface area contributed by atoms with Crippen LogP contribution >= 0.6 is 11.8 Å². The van der Waals surface area contributed by atoms with Crippen LogP contribution in [0.1, 0.15) is 17.5 Å². The van der Waals surface area contributed by atoms with Crippen LogP contribution in [0.2, 0.25) is 0 Å². The van der Waals surface area contributed by atoms with Crippen LogP contribution in [0.15, 0.2) is 42.7 Å². The predicted octanol–water partition coefficient (Wildman–Crippen LogP) is 2.63. The third-order valence-corrected chi connectivity index (χ3v) is 4.07. The highest BCUT2D eigenvalue weighted by Crippen LogP contribution is 2.12. The lowest BCUT2D eigenvalue weighted by Gasteiger charge is -2.06. The molecule has 21 heavy (non-hydrogen) atoms. The molecular weight excluding hydrogens is 282 g/mol. The van der Waals surface area contributed by atoms with Crippen molar-refractivity contribution in [3.63, 3.8) is 0 Å². The van der Waals surface area contributed by atoms with Crippen LogP contribution in [0, 0.1) is 6.92 Å². The largest absolute Gasteiger partial charge is 0.355 e. The molecule has 0 fully saturated rings. The predicted molar refractivity (Wildman–Crippen MR) is 87.2 cm³/mol. The van der Waals surface area contributed by atoms with Gasteiger partial charge in [0, 0.05) is 31.2 Å². The van der Waals surface area contributed by atoms with Crippen molar-refractivity contribution in [1.82, 2.24) is 15.1 Å². The molecule has 4 nitrogen and oxygen atoms in total. The van der Waals surface area contributed by atoms with E-state index in [-0.39, 0.29) is 5.91 Å². The van der Waals surface area contributed by atoms with E-state index in [4.69, 9.17) is 0 Å². The Morgan fingerprint density at radius 2 is 2.14 bits per heavy atom. The van der Waals surface area contributed by atoms with Gasteiger partial charge in [-0.3, -0.25) is 9.48 Å². The molecule has 0 aliphatic rings. The number of hydrogen-bond donors (Lipinski definition) is 1. The number of rotatable bonds is 8. The Morgan fingerprint density at radius 1 is 1.33 bits per heavy atom. The first-order valence-electron chi connectivity index (χ1n) is 7.11. The first kappa shape index (κ1) is 15.6. The van der Waals surface area contributed by atoms with Crippen LogP contribution in [-0.4, -0.2) is 28.0 Å². The van der Waals surface area contributed by atoms with Gasteiger partial charge in [0.1, 0.15) is 0 Å². The minimum atomic E-state index is 0.104. The summed E-state index contributed by atoms with van der Waals surface area (Å²) in [5.74, 6) is 1.49. The quantitative estimate of drug-likeness (QED) is 0.763. The Hall–Kier alpha value is -1.75. The van der Waals surface area contributed by atoms with Gasteiger partial charge < -0.3 is 5.32 Å². The topological polar surface area (TPSA) is 46.9 Å². The minimum Gasteiger partial charge on any atom is -0.355 e. The molecular formula is C16H21N3OS. The fourth-order valence-corrected chi connectivity index (χ4v) is 2.72. The molecule has 0 radical (unpaired) electrons. The van der Waals surface area contributed by atoms with Crippen LogP contribution in [0.5, 0.6) is 0 Å². The van der Waals surface area contributed by atoms with E-state index in [0.29, 0.717) is 12.3 Å². The molecule has 1 aromatic heterocycles. The van der Waals surface area contributed by atoms with E-state index in [9.17, 15) is 4.79 Å². The molecule has 1 aromatic carbocycles. The number of carbonyl (C=O) groups excluding carboxylic acids is 1. The van der Waals surface area contributed by atoms with E-state index in [2.05, 4.69) is 41.6 Å². The highest BCUT2D eigenvalue weighted by atomic mass is 32.2. The number of aromatic nitrogens is 2. The molecule has 0 saturated carbocycles. The smallest absolute Gasteiger partial charge is 0.230 e. The fourth-order valence-electron chi connectivity index (χ4n) is 1.90. The maximum atomic E-state index is 11.7. The Bertz CT molecular complexity index is 537. The highest BCUT2D eigenvalue weighted by molar-refractivity contribution is 7.99. The van der Waals surface area contributed by atoms with Crippen LogP contribution < -0.4 is 5.32 Å². The van der Waals surface area contributed by atoms with Crippen molar-refractivity contribution < 1.29 is 4.79 Å². The number of nitrogens with zero attached hydrogens (tertiary/aromatic N) is 2. The summed E-state index contributed by atoms with van der Waals surface area (Å²) in [5.41, 5.74) is 2.52. The minimum absolute atomic E-state index is 0.104. The number of aryl methyl sites for hydroxylation is 2. The fraction of sp³-hybridized carbons (Fsp3) is 0.375. The van der Waals surface area contributed by atoms with Gasteiger partial charge in [0.05, 0.1) is 5.75 Å². The number of hydrogen-bond acceptors (Lipinski definition) is 3. The van der Waals surface area contributed by atoms with Crippen molar-refractivity contribution in [2.45, 2.75) is 25.6 Å². The van der Waals surface area contributed by atoms with E-state index < -0.39 is 0 Å². The van der Waals surface area contributed by atoms with Crippen molar-refractivity contribution in [3.05, 3.63) is 53.9 Å². The van der Waals surface area contributed by atoms with E-state index in [1.54, 1.807) is 18.0 Å². The maximum Gasteiger partial charge on any atom is 0.230 e. The number of amides is 1. The summed E-state index contributed by atoms with van der Waals surface area (Å²) in [6.45, 7) is 3.61. The number of benzene rings is 1. The van der Waals surface area contributed by atoms with E-state index >= 15 is 0 Å². The molecule has 0 aliphatic carbocycles. The second-order valence-corrected chi connectivity index (χ2v) is 5.94. The summed E-state index contributed by atoms with van der Waals surface area (Å²) in [6, 6.07) is 10.3. The monoisotopic (exact) mass is 303 g/mol. The van der Waals surface area contributed by atoms with Crippen molar-refractivity contribution in [2.24, 2.45) is 0 Å². The van der Waals surface area contributed by atoms with Gasteiger partial charge in [0.25, 0.3) is 0 Å². The maximum absolute atomic E-state index is 11.7. The molecule has 0 atom stereocenters. The molecule has 5 heteroatoms. The lowest BCUT2D eigenvalue weighted by Crippen LogP contribution is -2.27. The number of thioether (sulfide) groups is 1. The molecule has 0 bridgehead atoms. The first-order chi connectivity index (χ1) is 10.2. The second-order valence-electron chi connectivity index (χ2n) is 4.95. The van der Waals surface area contributed by atoms with Crippen LogP contribution in [0.25, 0.3) is 0 Å². The van der Waals surface area contributed by atoms with Gasteiger partial charge in [-0.25, -0.2) is 0 Å². The molecule has 112 valence electrons. The van der Waals surface area contributed by atoms with Crippen LogP contribution in [0.3, 0.4) is 0 Å². The summed E-state index contributed by atoms with van der Waals surface area (Å²) in [7, 11) is 0. The molecule has 0 saturated heterocycles. The van der Waals surface area contributed by atoms with Gasteiger partial charge in [-0.05, 0) is 25.0 Å². The van der Waals surface area contributed by atoms with Crippen molar-refractivity contribution in [3.8, 4) is 0 Å². The summed E-state index contributed by atoms with van der Waals surface area (Å²) in [5, 5.41) is 7.06. The third-order valence-electron chi connectivity index (χ3n) is 3.07. The molecule has 1 N–H and O–H groups in total. The molecule has 1 heterocycles. The number of carbonyl (C=O) groups is 1. The normalized spacial score (nSPS) is 10.5. The molecule has 2 aromatic rings. The van der Waals surface area contributed by atoms with Gasteiger partial charge in [0.2, 0.25) is 5.91 Å². The van der Waals surface area contributed by atoms with Gasteiger partial charge >= 0.3 is 0 Å². The Morgan fingerprint density at radius 3 is 2.86 bits per heavy atom. The number of nitrogens with one attached hydrogen (secondary N) is 1. The zero-order valence-corrected chi connectivity index (χ0v) is 13.1. The summed E-state index contributed by atoms with van der Waals surface area (Å²) >= 11 is 1.65. The van der Waals surface area contributed by atoms with Crippen LogP contribution in [0.4, 0.5) is 0 Å². The summed E-state index contributed by atoms with van der Waals surface area (Å²) < 4.78 is 1.87. The van der Waals surface area contributed by atoms with E-state index in [1.165, 1.54) is 11.1 Å². The Kier molecular flexibility index (Phi) is 6.34. The standard InChI is InChI=1S/C16H21N3OS/c1-14-4-6-15(7-5-14)12-21-13-16(20)17-8-2-10-19-11-3-9-18-19/h3-7,9,11H,2,8,10,12-13H2,1H3,(H,17,20).